The Hall–Kier alpha value is -4.57. The molecule has 5 aromatic rings. The van der Waals surface area contributed by atoms with Crippen LogP contribution in [0.25, 0.3) is 33.8 Å². The van der Waals surface area contributed by atoms with Crippen molar-refractivity contribution in [3.63, 3.8) is 0 Å². The molecule has 3 aromatic heterocycles. The summed E-state index contributed by atoms with van der Waals surface area (Å²) in [5.41, 5.74) is 2.58. The van der Waals surface area contributed by atoms with E-state index in [1.807, 2.05) is 42.5 Å². The molecule has 7 nitrogen and oxygen atoms in total. The summed E-state index contributed by atoms with van der Waals surface area (Å²) in [6.07, 6.45) is 3.19. The fraction of sp³-hybridized carbons (Fsp3) is 0. The average Bonchev–Trinajstić information content (AvgIpc) is 3.29. The van der Waals surface area contributed by atoms with Gasteiger partial charge in [-0.15, -0.1) is 0 Å². The van der Waals surface area contributed by atoms with Gasteiger partial charge in [0.1, 0.15) is 5.69 Å². The molecule has 0 amide bonds. The third kappa shape index (κ3) is 3.02. The average molecular weight is 390 g/mol. The van der Waals surface area contributed by atoms with E-state index in [-0.39, 0.29) is 11.1 Å². The normalized spacial score (nSPS) is 10.8. The predicted octanol–water partition coefficient (Wildman–Crippen LogP) is 3.51. The monoisotopic (exact) mass is 390 g/mol. The van der Waals surface area contributed by atoms with E-state index < -0.39 is 0 Å². The van der Waals surface area contributed by atoms with Crippen LogP contribution in [0, 0.1) is 11.3 Å². The lowest BCUT2D eigenvalue weighted by Gasteiger charge is -2.10. The van der Waals surface area contributed by atoms with Crippen LogP contribution in [-0.4, -0.2) is 24.5 Å². The molecule has 0 aliphatic rings. The molecule has 0 radical (unpaired) electrons. The Morgan fingerprint density at radius 2 is 1.83 bits per heavy atom. The van der Waals surface area contributed by atoms with Gasteiger partial charge < -0.3 is 0 Å². The lowest BCUT2D eigenvalue weighted by Crippen LogP contribution is -2.15. The van der Waals surface area contributed by atoms with Gasteiger partial charge in [-0.25, -0.2) is 14.3 Å². The number of fused-ring (bicyclic) bond motifs is 1. The van der Waals surface area contributed by atoms with Crippen molar-refractivity contribution >= 4 is 10.9 Å². The molecule has 0 aliphatic heterocycles. The smallest absolute Gasteiger partial charge is 0.209 e. The molecule has 0 unspecified atom stereocenters. The first-order chi connectivity index (χ1) is 14.7. The van der Waals surface area contributed by atoms with Gasteiger partial charge in [-0.3, -0.25) is 4.79 Å². The van der Waals surface area contributed by atoms with Crippen LogP contribution in [0.5, 0.6) is 0 Å². The number of rotatable bonds is 3. The molecular weight excluding hydrogens is 376 g/mol. The van der Waals surface area contributed by atoms with Gasteiger partial charge in [-0.05, 0) is 42.5 Å². The first-order valence-corrected chi connectivity index (χ1v) is 9.24. The third-order valence-corrected chi connectivity index (χ3v) is 4.73. The maximum atomic E-state index is 12.6. The van der Waals surface area contributed by atoms with Crippen molar-refractivity contribution in [2.45, 2.75) is 0 Å². The number of hydrogen-bond acceptors (Lipinski definition) is 5. The summed E-state index contributed by atoms with van der Waals surface area (Å²) in [4.78, 5) is 17.3. The zero-order valence-electron chi connectivity index (χ0n) is 15.7. The Kier molecular flexibility index (Phi) is 4.15. The maximum absolute atomic E-state index is 12.6. The largest absolute Gasteiger partial charge is 0.287 e. The Morgan fingerprint density at radius 1 is 0.933 bits per heavy atom. The predicted molar refractivity (Wildman–Crippen MR) is 112 cm³/mol. The lowest BCUT2D eigenvalue weighted by atomic mass is 10.2. The summed E-state index contributed by atoms with van der Waals surface area (Å²) < 4.78 is 3.18. The van der Waals surface area contributed by atoms with Gasteiger partial charge in [-0.2, -0.15) is 15.5 Å². The minimum Gasteiger partial charge on any atom is -0.287 e. The molecule has 0 N–H and O–H groups in total. The molecule has 7 heteroatoms. The van der Waals surface area contributed by atoms with E-state index in [0.717, 1.165) is 10.9 Å². The fourth-order valence-corrected chi connectivity index (χ4v) is 3.29. The molecule has 142 valence electrons. The number of benzene rings is 2. The molecule has 0 spiro atoms. The van der Waals surface area contributed by atoms with E-state index in [4.69, 9.17) is 5.26 Å². The van der Waals surface area contributed by atoms with Gasteiger partial charge in [-0.1, -0.05) is 24.3 Å². The van der Waals surface area contributed by atoms with Crippen molar-refractivity contribution in [2.24, 2.45) is 0 Å². The number of nitrogens with zero attached hydrogens (tertiary/aromatic N) is 6. The summed E-state index contributed by atoms with van der Waals surface area (Å²) in [7, 11) is 0. The highest BCUT2D eigenvalue weighted by Crippen LogP contribution is 2.20. The number of nitriles is 1. The first-order valence-electron chi connectivity index (χ1n) is 9.24. The van der Waals surface area contributed by atoms with Crippen LogP contribution in [0.1, 0.15) is 5.56 Å². The van der Waals surface area contributed by atoms with E-state index in [0.29, 0.717) is 22.8 Å². The molecule has 5 rings (SSSR count). The van der Waals surface area contributed by atoms with Gasteiger partial charge in [0.2, 0.25) is 5.43 Å². The molecule has 0 bridgehead atoms. The van der Waals surface area contributed by atoms with Crippen molar-refractivity contribution < 1.29 is 0 Å². The minimum atomic E-state index is -0.231. The first kappa shape index (κ1) is 17.5. The lowest BCUT2D eigenvalue weighted by molar-refractivity contribution is 0.815. The Bertz CT molecular complexity index is 1490. The zero-order chi connectivity index (χ0) is 20.5. The van der Waals surface area contributed by atoms with Gasteiger partial charge in [0.15, 0.2) is 11.5 Å². The highest BCUT2D eigenvalue weighted by Gasteiger charge is 2.15. The van der Waals surface area contributed by atoms with Crippen molar-refractivity contribution in [1.29, 1.82) is 5.26 Å². The molecule has 0 saturated heterocycles. The maximum Gasteiger partial charge on any atom is 0.209 e. The molecular formula is C23H14N6O. The molecule has 0 aliphatic carbocycles. The summed E-state index contributed by atoms with van der Waals surface area (Å²) in [6, 6.07) is 23.9. The van der Waals surface area contributed by atoms with Gasteiger partial charge in [0, 0.05) is 17.6 Å². The second-order valence-electron chi connectivity index (χ2n) is 6.63. The molecule has 30 heavy (non-hydrogen) atoms. The highest BCUT2D eigenvalue weighted by atomic mass is 16.1. The fourth-order valence-electron chi connectivity index (χ4n) is 3.29. The molecule has 0 atom stereocenters. The molecule has 3 heterocycles. The number of hydrogen-bond donors (Lipinski definition) is 0. The van der Waals surface area contributed by atoms with Crippen molar-refractivity contribution in [1.82, 2.24) is 24.5 Å². The molecule has 0 saturated carbocycles. The number of para-hydroxylation sites is 1. The van der Waals surface area contributed by atoms with E-state index >= 15 is 0 Å². The SMILES string of the molecule is N#Cc1cccc(-n2ccc(=O)c(-c3ccnn3-c3ccc4ccccc4n3)n2)c1. The Balaban J connectivity index is 1.64. The quantitative estimate of drug-likeness (QED) is 0.470. The van der Waals surface area contributed by atoms with Crippen LogP contribution in [0.3, 0.4) is 0 Å². The van der Waals surface area contributed by atoms with Crippen LogP contribution in [0.2, 0.25) is 0 Å². The second-order valence-corrected chi connectivity index (χ2v) is 6.63. The summed E-state index contributed by atoms with van der Waals surface area (Å²) >= 11 is 0. The highest BCUT2D eigenvalue weighted by molar-refractivity contribution is 5.79. The van der Waals surface area contributed by atoms with Crippen LogP contribution in [-0.2, 0) is 0 Å². The Labute approximate surface area is 171 Å². The van der Waals surface area contributed by atoms with Crippen molar-refractivity contribution in [2.75, 3.05) is 0 Å². The topological polar surface area (TPSA) is 89.4 Å². The third-order valence-electron chi connectivity index (χ3n) is 4.73. The summed E-state index contributed by atoms with van der Waals surface area (Å²) in [5.74, 6) is 0.594. The van der Waals surface area contributed by atoms with Crippen molar-refractivity contribution in [3.8, 4) is 29.0 Å². The zero-order valence-corrected chi connectivity index (χ0v) is 15.7. The minimum absolute atomic E-state index is 0.231. The standard InChI is InChI=1S/C23H14N6O/c24-15-16-4-3-6-18(14-16)28-13-11-21(30)23(27-28)20-10-12-25-29(20)22-9-8-17-5-1-2-7-19(17)26-22/h1-14H. The number of aromatic nitrogens is 5. The van der Waals surface area contributed by atoms with E-state index in [1.165, 1.54) is 6.07 Å². The summed E-state index contributed by atoms with van der Waals surface area (Å²) in [6.45, 7) is 0. The Morgan fingerprint density at radius 3 is 2.73 bits per heavy atom. The molecule has 0 fully saturated rings. The second kappa shape index (κ2) is 7.11. The molecule has 2 aromatic carbocycles. The summed E-state index contributed by atoms with van der Waals surface area (Å²) in [5, 5.41) is 19.0. The van der Waals surface area contributed by atoms with Crippen LogP contribution < -0.4 is 5.43 Å². The van der Waals surface area contributed by atoms with Crippen molar-refractivity contribution in [3.05, 3.63) is 101 Å². The van der Waals surface area contributed by atoms with Gasteiger partial charge in [0.05, 0.1) is 29.0 Å². The van der Waals surface area contributed by atoms with Crippen LogP contribution in [0.15, 0.2) is 90.0 Å². The van der Waals surface area contributed by atoms with E-state index in [9.17, 15) is 4.79 Å². The van der Waals surface area contributed by atoms with E-state index in [2.05, 4.69) is 21.3 Å². The van der Waals surface area contributed by atoms with Crippen LogP contribution in [0.4, 0.5) is 0 Å². The van der Waals surface area contributed by atoms with E-state index in [1.54, 1.807) is 46.0 Å². The van der Waals surface area contributed by atoms with Gasteiger partial charge >= 0.3 is 0 Å². The number of pyridine rings is 1. The van der Waals surface area contributed by atoms with Crippen LogP contribution >= 0.6 is 0 Å². The van der Waals surface area contributed by atoms with Gasteiger partial charge in [0.25, 0.3) is 0 Å².